The first kappa shape index (κ1) is 14.6. The van der Waals surface area contributed by atoms with Crippen LogP contribution in [0.5, 0.6) is 0 Å². The van der Waals surface area contributed by atoms with Gasteiger partial charge in [0.25, 0.3) is 0 Å². The first-order chi connectivity index (χ1) is 10.6. The van der Waals surface area contributed by atoms with E-state index in [0.717, 1.165) is 24.2 Å². The predicted octanol–water partition coefficient (Wildman–Crippen LogP) is 2.54. The highest BCUT2D eigenvalue weighted by atomic mass is 16.4. The van der Waals surface area contributed by atoms with Crippen LogP contribution in [0.15, 0.2) is 34.9 Å². The summed E-state index contributed by atoms with van der Waals surface area (Å²) in [6.45, 7) is 2.45. The highest BCUT2D eigenvalue weighted by Gasteiger charge is 2.42. The number of aromatic nitrogens is 1. The average Bonchev–Trinajstić information content (AvgIpc) is 3.18. The van der Waals surface area contributed by atoms with E-state index in [9.17, 15) is 9.90 Å². The van der Waals surface area contributed by atoms with Crippen LogP contribution in [0.3, 0.4) is 0 Å². The molecule has 0 aliphatic heterocycles. The molecule has 6 heteroatoms. The molecule has 2 amide bonds. The van der Waals surface area contributed by atoms with Crippen molar-refractivity contribution in [2.24, 2.45) is 5.41 Å². The van der Waals surface area contributed by atoms with E-state index >= 15 is 0 Å². The summed E-state index contributed by atoms with van der Waals surface area (Å²) >= 11 is 0. The number of carbonyl (C=O) groups excluding carboxylic acids is 1. The standard InChI is InChI=1S/C16H19N3O3/c1-11-8-17-14(22-11)12-3-2-4-13(7-12)19-15(21)18-9-16(10-20)5-6-16/h2-4,7-8,20H,5-6,9-10H2,1H3,(H2,18,19,21). The third kappa shape index (κ3) is 3.28. The van der Waals surface area contributed by atoms with Gasteiger partial charge in [-0.15, -0.1) is 0 Å². The summed E-state index contributed by atoms with van der Waals surface area (Å²) in [5.74, 6) is 1.27. The maximum Gasteiger partial charge on any atom is 0.319 e. The molecule has 0 saturated heterocycles. The number of nitrogens with one attached hydrogen (secondary N) is 2. The maximum absolute atomic E-state index is 11.9. The van der Waals surface area contributed by atoms with E-state index < -0.39 is 0 Å². The van der Waals surface area contributed by atoms with Crippen LogP contribution < -0.4 is 10.6 Å². The highest BCUT2D eigenvalue weighted by molar-refractivity contribution is 5.89. The van der Waals surface area contributed by atoms with Crippen molar-refractivity contribution in [3.63, 3.8) is 0 Å². The van der Waals surface area contributed by atoms with Crippen LogP contribution in [0.1, 0.15) is 18.6 Å². The van der Waals surface area contributed by atoms with Gasteiger partial charge in [0, 0.05) is 23.2 Å². The number of urea groups is 1. The van der Waals surface area contributed by atoms with Gasteiger partial charge in [0.15, 0.2) is 0 Å². The number of anilines is 1. The van der Waals surface area contributed by atoms with E-state index in [4.69, 9.17) is 4.42 Å². The van der Waals surface area contributed by atoms with Crippen LogP contribution in [0.4, 0.5) is 10.5 Å². The lowest BCUT2D eigenvalue weighted by molar-refractivity contribution is 0.206. The molecule has 1 saturated carbocycles. The molecule has 1 fully saturated rings. The predicted molar refractivity (Wildman–Crippen MR) is 82.5 cm³/mol. The number of hydrogen-bond acceptors (Lipinski definition) is 4. The summed E-state index contributed by atoms with van der Waals surface area (Å²) in [5.41, 5.74) is 1.37. The van der Waals surface area contributed by atoms with Gasteiger partial charge in [0.1, 0.15) is 5.76 Å². The molecule has 22 heavy (non-hydrogen) atoms. The molecule has 0 spiro atoms. The number of nitrogens with zero attached hydrogens (tertiary/aromatic N) is 1. The number of aliphatic hydroxyl groups is 1. The normalized spacial score (nSPS) is 15.4. The Balaban J connectivity index is 1.61. The van der Waals surface area contributed by atoms with Crippen LogP contribution >= 0.6 is 0 Å². The zero-order valence-electron chi connectivity index (χ0n) is 12.4. The van der Waals surface area contributed by atoms with E-state index in [2.05, 4.69) is 15.6 Å². The molecule has 0 unspecified atom stereocenters. The number of aliphatic hydroxyl groups excluding tert-OH is 1. The Hall–Kier alpha value is -2.34. The highest BCUT2D eigenvalue weighted by Crippen LogP contribution is 2.44. The van der Waals surface area contributed by atoms with Gasteiger partial charge in [-0.05, 0) is 38.0 Å². The molecule has 3 N–H and O–H groups in total. The Morgan fingerprint density at radius 2 is 2.27 bits per heavy atom. The van der Waals surface area contributed by atoms with Crippen LogP contribution in [-0.2, 0) is 0 Å². The van der Waals surface area contributed by atoms with Gasteiger partial charge >= 0.3 is 6.03 Å². The fraction of sp³-hybridized carbons (Fsp3) is 0.375. The van der Waals surface area contributed by atoms with Gasteiger partial charge in [0.2, 0.25) is 5.89 Å². The Labute approximate surface area is 128 Å². The molecular formula is C16H19N3O3. The van der Waals surface area contributed by atoms with Crippen molar-refractivity contribution in [2.45, 2.75) is 19.8 Å². The van der Waals surface area contributed by atoms with Gasteiger partial charge in [-0.25, -0.2) is 9.78 Å². The lowest BCUT2D eigenvalue weighted by Gasteiger charge is -2.13. The Morgan fingerprint density at radius 1 is 1.45 bits per heavy atom. The number of oxazole rings is 1. The third-order valence-electron chi connectivity index (χ3n) is 3.91. The van der Waals surface area contributed by atoms with Gasteiger partial charge in [0.05, 0.1) is 12.8 Å². The van der Waals surface area contributed by atoms with E-state index in [-0.39, 0.29) is 18.1 Å². The summed E-state index contributed by atoms with van der Waals surface area (Å²) in [5, 5.41) is 14.8. The number of carbonyl (C=O) groups is 1. The van der Waals surface area contributed by atoms with E-state index in [1.165, 1.54) is 0 Å². The molecule has 1 aliphatic carbocycles. The molecule has 2 aromatic rings. The lowest BCUT2D eigenvalue weighted by Crippen LogP contribution is -2.35. The number of amides is 2. The minimum absolute atomic E-state index is 0.102. The second-order valence-corrected chi connectivity index (χ2v) is 5.82. The average molecular weight is 301 g/mol. The van der Waals surface area contributed by atoms with Crippen molar-refractivity contribution < 1.29 is 14.3 Å². The zero-order chi connectivity index (χ0) is 15.6. The molecule has 0 bridgehead atoms. The van der Waals surface area contributed by atoms with Crippen molar-refractivity contribution in [2.75, 3.05) is 18.5 Å². The molecule has 1 heterocycles. The second-order valence-electron chi connectivity index (χ2n) is 5.82. The third-order valence-corrected chi connectivity index (χ3v) is 3.91. The molecule has 3 rings (SSSR count). The van der Waals surface area contributed by atoms with E-state index in [0.29, 0.717) is 18.1 Å². The largest absolute Gasteiger partial charge is 0.441 e. The number of aryl methyl sites for hydroxylation is 1. The number of rotatable bonds is 5. The minimum atomic E-state index is -0.277. The van der Waals surface area contributed by atoms with Gasteiger partial charge in [-0.3, -0.25) is 0 Å². The first-order valence-electron chi connectivity index (χ1n) is 7.29. The summed E-state index contributed by atoms with van der Waals surface area (Å²) in [6, 6.07) is 7.04. The Bertz CT molecular complexity index is 677. The van der Waals surface area contributed by atoms with Crippen molar-refractivity contribution in [1.82, 2.24) is 10.3 Å². The van der Waals surface area contributed by atoms with Gasteiger partial charge in [-0.1, -0.05) is 6.07 Å². The topological polar surface area (TPSA) is 87.4 Å². The molecule has 116 valence electrons. The second kappa shape index (κ2) is 5.81. The summed E-state index contributed by atoms with van der Waals surface area (Å²) in [6.07, 6.45) is 3.58. The summed E-state index contributed by atoms with van der Waals surface area (Å²) in [4.78, 5) is 16.1. The van der Waals surface area contributed by atoms with Crippen molar-refractivity contribution in [3.8, 4) is 11.5 Å². The smallest absolute Gasteiger partial charge is 0.319 e. The summed E-state index contributed by atoms with van der Waals surface area (Å²) < 4.78 is 5.48. The fourth-order valence-electron chi connectivity index (χ4n) is 2.23. The van der Waals surface area contributed by atoms with Crippen molar-refractivity contribution >= 4 is 11.7 Å². The molecule has 1 aromatic carbocycles. The van der Waals surface area contributed by atoms with Crippen molar-refractivity contribution in [3.05, 3.63) is 36.2 Å². The molecule has 0 atom stereocenters. The minimum Gasteiger partial charge on any atom is -0.441 e. The van der Waals surface area contributed by atoms with Gasteiger partial charge in [-0.2, -0.15) is 0 Å². The zero-order valence-corrected chi connectivity index (χ0v) is 12.4. The molecular weight excluding hydrogens is 282 g/mol. The quantitative estimate of drug-likeness (QED) is 0.792. The van der Waals surface area contributed by atoms with Crippen molar-refractivity contribution in [1.29, 1.82) is 0 Å². The first-order valence-corrected chi connectivity index (χ1v) is 7.29. The van der Waals surface area contributed by atoms with E-state index in [1.54, 1.807) is 12.3 Å². The monoisotopic (exact) mass is 301 g/mol. The molecule has 1 aromatic heterocycles. The molecule has 6 nitrogen and oxygen atoms in total. The summed E-state index contributed by atoms with van der Waals surface area (Å²) in [7, 11) is 0. The maximum atomic E-state index is 11.9. The Kier molecular flexibility index (Phi) is 3.85. The number of benzene rings is 1. The van der Waals surface area contributed by atoms with Crippen LogP contribution in [0, 0.1) is 12.3 Å². The van der Waals surface area contributed by atoms with Crippen LogP contribution in [0.2, 0.25) is 0 Å². The number of hydrogen-bond donors (Lipinski definition) is 3. The fourth-order valence-corrected chi connectivity index (χ4v) is 2.23. The lowest BCUT2D eigenvalue weighted by atomic mass is 10.1. The van der Waals surface area contributed by atoms with Gasteiger partial charge < -0.3 is 20.2 Å². The SMILES string of the molecule is Cc1cnc(-c2cccc(NC(=O)NCC3(CO)CC3)c2)o1. The van der Waals surface area contributed by atoms with Crippen LogP contribution in [-0.4, -0.2) is 29.3 Å². The molecule has 0 radical (unpaired) electrons. The van der Waals surface area contributed by atoms with E-state index in [1.807, 2.05) is 25.1 Å². The Morgan fingerprint density at radius 3 is 2.91 bits per heavy atom. The van der Waals surface area contributed by atoms with Crippen LogP contribution in [0.25, 0.3) is 11.5 Å². The molecule has 1 aliphatic rings.